The molecule has 1 N–H and O–H groups in total. The Bertz CT molecular complexity index is 1850. The standard InChI is InChI=1S/C42H49ClN2O3/c1-28(15-21-38-31(4)13-9-23-42(38,6)7)11-8-12-29(2)25-35(46)14-10-24-44-40(47)27-36-32(5)45(39-22-16-30(3)26-37(36)39)41(48)33-17-19-34(43)20-18-33/h8,11-12,15-22,25-26H,9-10,13-14,23-24,27H2,1-7H3,(H,44,47)/b12-8+,21-15+,28-11-,29-25+. The lowest BCUT2D eigenvalue weighted by molar-refractivity contribution is -0.120. The van der Waals surface area contributed by atoms with Gasteiger partial charge in [0.15, 0.2) is 5.78 Å². The summed E-state index contributed by atoms with van der Waals surface area (Å²) in [5.41, 5.74) is 9.08. The second-order valence-electron chi connectivity index (χ2n) is 13.8. The Labute approximate surface area is 291 Å². The van der Waals surface area contributed by atoms with Crippen LogP contribution >= 0.6 is 11.6 Å². The van der Waals surface area contributed by atoms with E-state index >= 15 is 0 Å². The van der Waals surface area contributed by atoms with E-state index in [-0.39, 0.29) is 29.4 Å². The van der Waals surface area contributed by atoms with E-state index in [1.807, 2.05) is 51.1 Å². The Kier molecular flexibility index (Phi) is 12.4. The van der Waals surface area contributed by atoms with Crippen molar-refractivity contribution < 1.29 is 14.4 Å². The number of carbonyl (C=O) groups excluding carboxylic acids is 3. The summed E-state index contributed by atoms with van der Waals surface area (Å²) < 4.78 is 1.67. The molecule has 0 unspecified atom stereocenters. The first kappa shape index (κ1) is 36.6. The van der Waals surface area contributed by atoms with E-state index in [1.54, 1.807) is 34.9 Å². The first-order valence-corrected chi connectivity index (χ1v) is 17.3. The second-order valence-corrected chi connectivity index (χ2v) is 14.2. The number of ketones is 1. The average Bonchev–Trinajstić information content (AvgIpc) is 3.28. The Morgan fingerprint density at radius 3 is 2.42 bits per heavy atom. The SMILES string of the molecule is CC1=C(/C=C/C(C)=C\C=C\C(C)=C\C(=O)CCCNC(=O)Cc2c(C)n(C(=O)c3ccc(Cl)cc3)c3ccc(C)cc23)C(C)(C)CCC1. The van der Waals surface area contributed by atoms with Gasteiger partial charge in [-0.1, -0.05) is 78.6 Å². The minimum Gasteiger partial charge on any atom is -0.356 e. The number of carbonyl (C=O) groups is 3. The number of hydrogen-bond acceptors (Lipinski definition) is 3. The fraction of sp³-hybridized carbons (Fsp3) is 0.357. The van der Waals surface area contributed by atoms with Gasteiger partial charge < -0.3 is 5.32 Å². The van der Waals surface area contributed by atoms with E-state index in [2.05, 4.69) is 51.2 Å². The highest BCUT2D eigenvalue weighted by atomic mass is 35.5. The number of fused-ring (bicyclic) bond motifs is 1. The Hall–Kier alpha value is -4.22. The molecule has 2 aromatic carbocycles. The van der Waals surface area contributed by atoms with Crippen LogP contribution in [0.5, 0.6) is 0 Å². The maximum atomic E-state index is 13.5. The fourth-order valence-corrected chi connectivity index (χ4v) is 6.65. The monoisotopic (exact) mass is 664 g/mol. The summed E-state index contributed by atoms with van der Waals surface area (Å²) in [6.45, 7) is 15.2. The zero-order chi connectivity index (χ0) is 35.0. The molecule has 1 aliphatic carbocycles. The molecule has 3 aromatic rings. The van der Waals surface area contributed by atoms with Crippen molar-refractivity contribution in [2.45, 2.75) is 87.0 Å². The minimum absolute atomic E-state index is 0.0315. The molecule has 252 valence electrons. The third-order valence-electron chi connectivity index (χ3n) is 9.21. The van der Waals surface area contributed by atoms with Gasteiger partial charge in [0.2, 0.25) is 5.91 Å². The van der Waals surface area contributed by atoms with Crippen molar-refractivity contribution in [2.75, 3.05) is 6.54 Å². The topological polar surface area (TPSA) is 68.2 Å². The highest BCUT2D eigenvalue weighted by molar-refractivity contribution is 6.30. The number of allylic oxidation sites excluding steroid dienone is 10. The fourth-order valence-electron chi connectivity index (χ4n) is 6.52. The van der Waals surface area contributed by atoms with Gasteiger partial charge in [-0.15, -0.1) is 0 Å². The quantitative estimate of drug-likeness (QED) is 0.119. The van der Waals surface area contributed by atoms with E-state index in [4.69, 9.17) is 11.6 Å². The van der Waals surface area contributed by atoms with Gasteiger partial charge >= 0.3 is 0 Å². The summed E-state index contributed by atoms with van der Waals surface area (Å²) >= 11 is 6.03. The van der Waals surface area contributed by atoms with Crippen molar-refractivity contribution in [3.05, 3.63) is 129 Å². The summed E-state index contributed by atoms with van der Waals surface area (Å²) in [4.78, 5) is 39.1. The van der Waals surface area contributed by atoms with Gasteiger partial charge in [-0.2, -0.15) is 0 Å². The minimum atomic E-state index is -0.170. The normalized spacial score (nSPS) is 15.6. The number of benzene rings is 2. The molecule has 0 aliphatic heterocycles. The predicted molar refractivity (Wildman–Crippen MR) is 200 cm³/mol. The largest absolute Gasteiger partial charge is 0.356 e. The smallest absolute Gasteiger partial charge is 0.262 e. The third-order valence-corrected chi connectivity index (χ3v) is 9.46. The van der Waals surface area contributed by atoms with Gasteiger partial charge in [0.25, 0.3) is 5.91 Å². The van der Waals surface area contributed by atoms with Crippen molar-refractivity contribution in [3.8, 4) is 0 Å². The maximum absolute atomic E-state index is 13.5. The molecule has 0 saturated heterocycles. The van der Waals surface area contributed by atoms with Gasteiger partial charge in [-0.05, 0) is 125 Å². The highest BCUT2D eigenvalue weighted by Crippen LogP contribution is 2.40. The van der Waals surface area contributed by atoms with Crippen LogP contribution in [0, 0.1) is 19.3 Å². The van der Waals surface area contributed by atoms with Crippen molar-refractivity contribution in [1.29, 1.82) is 0 Å². The number of nitrogens with zero attached hydrogens (tertiary/aromatic N) is 1. The number of halogens is 1. The lowest BCUT2D eigenvalue weighted by Gasteiger charge is -2.32. The highest BCUT2D eigenvalue weighted by Gasteiger charge is 2.26. The van der Waals surface area contributed by atoms with E-state index in [0.29, 0.717) is 30.0 Å². The lowest BCUT2D eigenvalue weighted by atomic mass is 9.72. The van der Waals surface area contributed by atoms with Crippen LogP contribution in [0.1, 0.15) is 93.9 Å². The van der Waals surface area contributed by atoms with Crippen molar-refractivity contribution in [1.82, 2.24) is 9.88 Å². The van der Waals surface area contributed by atoms with Crippen LogP contribution in [0.25, 0.3) is 10.9 Å². The van der Waals surface area contributed by atoms with Crippen molar-refractivity contribution >= 4 is 40.1 Å². The molecular formula is C42H49ClN2O3. The van der Waals surface area contributed by atoms with Crippen LogP contribution in [-0.4, -0.2) is 28.7 Å². The number of aromatic nitrogens is 1. The molecule has 0 bridgehead atoms. The molecule has 0 fully saturated rings. The number of nitrogens with one attached hydrogen (secondary N) is 1. The number of aryl methyl sites for hydroxylation is 1. The van der Waals surface area contributed by atoms with Gasteiger partial charge in [0.1, 0.15) is 0 Å². The summed E-state index contributed by atoms with van der Waals surface area (Å²) in [7, 11) is 0. The Balaban J connectivity index is 1.30. The molecule has 0 atom stereocenters. The summed E-state index contributed by atoms with van der Waals surface area (Å²) in [6.07, 6.45) is 16.8. The molecule has 0 radical (unpaired) electrons. The second kappa shape index (κ2) is 16.3. The molecule has 4 rings (SSSR count). The summed E-state index contributed by atoms with van der Waals surface area (Å²) in [5, 5.41) is 4.41. The van der Waals surface area contributed by atoms with Crippen LogP contribution in [0.4, 0.5) is 0 Å². The van der Waals surface area contributed by atoms with E-state index in [9.17, 15) is 14.4 Å². The summed E-state index contributed by atoms with van der Waals surface area (Å²) in [6, 6.07) is 12.7. The van der Waals surface area contributed by atoms with E-state index in [1.165, 1.54) is 30.4 Å². The van der Waals surface area contributed by atoms with E-state index in [0.717, 1.165) is 38.9 Å². The predicted octanol–water partition coefficient (Wildman–Crippen LogP) is 10.1. The average molecular weight is 665 g/mol. The third kappa shape index (κ3) is 9.44. The zero-order valence-corrected chi connectivity index (χ0v) is 30.3. The van der Waals surface area contributed by atoms with Gasteiger partial charge in [0, 0.05) is 34.6 Å². The van der Waals surface area contributed by atoms with E-state index < -0.39 is 0 Å². The van der Waals surface area contributed by atoms with Crippen molar-refractivity contribution in [2.24, 2.45) is 5.41 Å². The Morgan fingerprint density at radius 1 is 0.979 bits per heavy atom. The molecule has 6 heteroatoms. The molecule has 0 saturated carbocycles. The van der Waals surface area contributed by atoms with Gasteiger partial charge in [-0.25, -0.2) is 0 Å². The number of hydrogen-bond donors (Lipinski definition) is 1. The van der Waals surface area contributed by atoms with Gasteiger partial charge in [0.05, 0.1) is 11.9 Å². The lowest BCUT2D eigenvalue weighted by Crippen LogP contribution is -2.26. The molecule has 1 heterocycles. The zero-order valence-electron chi connectivity index (χ0n) is 29.5. The van der Waals surface area contributed by atoms with Crippen LogP contribution in [0.15, 0.2) is 101 Å². The number of amides is 1. The van der Waals surface area contributed by atoms with Crippen LogP contribution in [-0.2, 0) is 16.0 Å². The Morgan fingerprint density at radius 2 is 1.71 bits per heavy atom. The van der Waals surface area contributed by atoms with Crippen LogP contribution in [0.2, 0.25) is 5.02 Å². The first-order valence-electron chi connectivity index (χ1n) is 16.9. The maximum Gasteiger partial charge on any atom is 0.262 e. The molecule has 5 nitrogen and oxygen atoms in total. The van der Waals surface area contributed by atoms with Crippen LogP contribution in [0.3, 0.4) is 0 Å². The van der Waals surface area contributed by atoms with Gasteiger partial charge in [-0.3, -0.25) is 19.0 Å². The molecule has 1 aromatic heterocycles. The molecule has 48 heavy (non-hydrogen) atoms. The van der Waals surface area contributed by atoms with Crippen molar-refractivity contribution in [3.63, 3.8) is 0 Å². The molecule has 1 aliphatic rings. The summed E-state index contributed by atoms with van der Waals surface area (Å²) in [5.74, 6) is -0.283. The molecule has 1 amide bonds. The molecular weight excluding hydrogens is 616 g/mol. The van der Waals surface area contributed by atoms with Crippen LogP contribution < -0.4 is 5.32 Å². The molecule has 0 spiro atoms. The number of rotatable bonds is 12. The first-order chi connectivity index (χ1) is 22.8.